The molecule has 0 radical (unpaired) electrons. The lowest BCUT2D eigenvalue weighted by Gasteiger charge is -2.31. The molecule has 28 heavy (non-hydrogen) atoms. The summed E-state index contributed by atoms with van der Waals surface area (Å²) in [5.74, 6) is -0.790. The van der Waals surface area contributed by atoms with Gasteiger partial charge in [0.05, 0.1) is 5.56 Å². The van der Waals surface area contributed by atoms with Crippen molar-refractivity contribution in [2.24, 2.45) is 5.92 Å². The molecule has 0 spiro atoms. The maximum atomic E-state index is 13.8. The predicted molar refractivity (Wildman–Crippen MR) is 107 cm³/mol. The van der Waals surface area contributed by atoms with E-state index < -0.39 is 5.82 Å². The predicted octanol–water partition coefficient (Wildman–Crippen LogP) is 4.07. The molecule has 1 fully saturated rings. The van der Waals surface area contributed by atoms with E-state index in [0.717, 1.165) is 17.8 Å². The number of halogens is 1. The minimum absolute atomic E-state index is 0.0768. The largest absolute Gasteiger partial charge is 0.339 e. The summed E-state index contributed by atoms with van der Waals surface area (Å²) in [6, 6.07) is 5.98. The molecule has 8 heteroatoms. The maximum Gasteiger partial charge on any atom is 0.256 e. The summed E-state index contributed by atoms with van der Waals surface area (Å²) >= 11 is 1.42. The van der Waals surface area contributed by atoms with Crippen LogP contribution in [0.15, 0.2) is 24.3 Å². The van der Waals surface area contributed by atoms with Gasteiger partial charge in [-0.1, -0.05) is 43.7 Å². The summed E-state index contributed by atoms with van der Waals surface area (Å²) < 4.78 is 13.8. The van der Waals surface area contributed by atoms with Crippen LogP contribution in [-0.2, 0) is 4.79 Å². The van der Waals surface area contributed by atoms with Gasteiger partial charge in [-0.05, 0) is 31.4 Å². The highest BCUT2D eigenvalue weighted by atomic mass is 32.1. The third kappa shape index (κ3) is 4.73. The summed E-state index contributed by atoms with van der Waals surface area (Å²) in [4.78, 5) is 26.6. The minimum Gasteiger partial charge on any atom is -0.339 e. The summed E-state index contributed by atoms with van der Waals surface area (Å²) in [5, 5.41) is 12.6. The molecule has 1 N–H and O–H groups in total. The van der Waals surface area contributed by atoms with Gasteiger partial charge in [0, 0.05) is 24.9 Å². The number of nitrogens with one attached hydrogen (secondary N) is 1. The van der Waals surface area contributed by atoms with Gasteiger partial charge >= 0.3 is 0 Å². The molecule has 1 aromatic carbocycles. The van der Waals surface area contributed by atoms with Crippen LogP contribution in [-0.4, -0.2) is 40.0 Å². The van der Waals surface area contributed by atoms with Crippen molar-refractivity contribution in [1.29, 1.82) is 0 Å². The van der Waals surface area contributed by atoms with E-state index in [9.17, 15) is 14.0 Å². The van der Waals surface area contributed by atoms with E-state index in [0.29, 0.717) is 37.0 Å². The highest BCUT2D eigenvalue weighted by Crippen LogP contribution is 2.27. The molecule has 1 aromatic heterocycles. The second-order valence-corrected chi connectivity index (χ2v) is 8.18. The number of piperidine rings is 1. The number of carbonyl (C=O) groups excluding carboxylic acids is 2. The van der Waals surface area contributed by atoms with Crippen molar-refractivity contribution in [3.8, 4) is 0 Å². The van der Waals surface area contributed by atoms with Crippen molar-refractivity contribution in [3.05, 3.63) is 40.7 Å². The quantitative estimate of drug-likeness (QED) is 0.787. The lowest BCUT2D eigenvalue weighted by molar-refractivity contribution is -0.121. The van der Waals surface area contributed by atoms with Crippen LogP contribution in [0.2, 0.25) is 0 Å². The van der Waals surface area contributed by atoms with Gasteiger partial charge in [-0.25, -0.2) is 4.39 Å². The SMILES string of the molecule is CCC[C@H](C)c1nnc(NC(=O)C2CCN(C(=O)c3ccccc3F)CC2)s1. The van der Waals surface area contributed by atoms with Gasteiger partial charge in [0.1, 0.15) is 10.8 Å². The number of nitrogens with zero attached hydrogens (tertiary/aromatic N) is 3. The van der Waals surface area contributed by atoms with E-state index in [4.69, 9.17) is 0 Å². The Morgan fingerprint density at radius 1 is 1.29 bits per heavy atom. The molecule has 1 aliphatic heterocycles. The molecule has 3 rings (SSSR count). The van der Waals surface area contributed by atoms with E-state index in [-0.39, 0.29) is 23.3 Å². The van der Waals surface area contributed by atoms with Crippen molar-refractivity contribution in [2.75, 3.05) is 18.4 Å². The molecule has 150 valence electrons. The molecule has 0 bridgehead atoms. The molecule has 2 amide bonds. The number of carbonyl (C=O) groups is 2. The van der Waals surface area contributed by atoms with E-state index in [1.807, 2.05) is 0 Å². The molecule has 1 aliphatic rings. The van der Waals surface area contributed by atoms with E-state index in [1.165, 1.54) is 23.5 Å². The van der Waals surface area contributed by atoms with Crippen LogP contribution >= 0.6 is 11.3 Å². The minimum atomic E-state index is -0.517. The van der Waals surface area contributed by atoms with Gasteiger partial charge in [0.25, 0.3) is 5.91 Å². The molecule has 2 aromatic rings. The van der Waals surface area contributed by atoms with E-state index >= 15 is 0 Å². The second-order valence-electron chi connectivity index (χ2n) is 7.17. The highest BCUT2D eigenvalue weighted by molar-refractivity contribution is 7.15. The first-order valence-corrected chi connectivity index (χ1v) is 10.5. The summed E-state index contributed by atoms with van der Waals surface area (Å²) in [5.41, 5.74) is 0.0768. The Hall–Kier alpha value is -2.35. The Balaban J connectivity index is 1.53. The monoisotopic (exact) mass is 404 g/mol. The fourth-order valence-electron chi connectivity index (χ4n) is 3.40. The normalized spacial score (nSPS) is 16.0. The first-order valence-electron chi connectivity index (χ1n) is 9.67. The van der Waals surface area contributed by atoms with Gasteiger partial charge in [0.15, 0.2) is 0 Å². The number of likely N-dealkylation sites (tertiary alicyclic amines) is 1. The average Bonchev–Trinajstić information content (AvgIpc) is 3.17. The Kier molecular flexibility index (Phi) is 6.72. The zero-order chi connectivity index (χ0) is 20.1. The number of amides is 2. The van der Waals surface area contributed by atoms with Crippen molar-refractivity contribution >= 4 is 28.3 Å². The van der Waals surface area contributed by atoms with Crippen LogP contribution in [0, 0.1) is 11.7 Å². The smallest absolute Gasteiger partial charge is 0.256 e. The zero-order valence-electron chi connectivity index (χ0n) is 16.2. The van der Waals surface area contributed by atoms with Gasteiger partial charge in [0.2, 0.25) is 11.0 Å². The van der Waals surface area contributed by atoms with Gasteiger partial charge in [-0.3, -0.25) is 9.59 Å². The van der Waals surface area contributed by atoms with Crippen LogP contribution in [0.25, 0.3) is 0 Å². The van der Waals surface area contributed by atoms with Crippen LogP contribution in [0.3, 0.4) is 0 Å². The average molecular weight is 405 g/mol. The molecule has 0 aliphatic carbocycles. The third-order valence-electron chi connectivity index (χ3n) is 5.07. The number of aromatic nitrogens is 2. The summed E-state index contributed by atoms with van der Waals surface area (Å²) in [6.07, 6.45) is 3.21. The van der Waals surface area contributed by atoms with Crippen molar-refractivity contribution in [1.82, 2.24) is 15.1 Å². The van der Waals surface area contributed by atoms with Crippen LogP contribution in [0.1, 0.15) is 60.8 Å². The number of rotatable bonds is 6. The highest BCUT2D eigenvalue weighted by Gasteiger charge is 2.29. The molecule has 1 saturated heterocycles. The van der Waals surface area contributed by atoms with Crippen molar-refractivity contribution in [2.45, 2.75) is 45.4 Å². The molecule has 6 nitrogen and oxygen atoms in total. The first-order chi connectivity index (χ1) is 13.5. The lowest BCUT2D eigenvalue weighted by atomic mass is 9.95. The number of hydrogen-bond acceptors (Lipinski definition) is 5. The van der Waals surface area contributed by atoms with E-state index in [1.54, 1.807) is 17.0 Å². The fraction of sp³-hybridized carbons (Fsp3) is 0.500. The van der Waals surface area contributed by atoms with Crippen LogP contribution in [0.4, 0.5) is 9.52 Å². The number of anilines is 1. The molecule has 0 saturated carbocycles. The number of benzene rings is 1. The Morgan fingerprint density at radius 3 is 2.68 bits per heavy atom. The standard InChI is InChI=1S/C20H25FN4O2S/c1-3-6-13(2)18-23-24-20(28-18)22-17(26)14-9-11-25(12-10-14)19(27)15-7-4-5-8-16(15)21/h4-5,7-8,13-14H,3,6,9-12H2,1-2H3,(H,22,24,26)/t13-/m0/s1. The third-order valence-corrected chi connectivity index (χ3v) is 6.14. The van der Waals surface area contributed by atoms with Gasteiger partial charge in [-0.15, -0.1) is 10.2 Å². The second kappa shape index (κ2) is 9.23. The van der Waals surface area contributed by atoms with Crippen molar-refractivity contribution in [3.63, 3.8) is 0 Å². The Morgan fingerprint density at radius 2 is 2.00 bits per heavy atom. The van der Waals surface area contributed by atoms with Crippen molar-refractivity contribution < 1.29 is 14.0 Å². The molecule has 1 atom stereocenters. The van der Waals surface area contributed by atoms with Gasteiger partial charge < -0.3 is 10.2 Å². The Bertz CT molecular complexity index is 833. The topological polar surface area (TPSA) is 75.2 Å². The van der Waals surface area contributed by atoms with Crippen LogP contribution in [0.5, 0.6) is 0 Å². The van der Waals surface area contributed by atoms with Gasteiger partial charge in [-0.2, -0.15) is 0 Å². The first kappa shape index (κ1) is 20.4. The number of hydrogen-bond donors (Lipinski definition) is 1. The molecular formula is C20H25FN4O2S. The molecule has 0 unspecified atom stereocenters. The van der Waals surface area contributed by atoms with E-state index in [2.05, 4.69) is 29.4 Å². The zero-order valence-corrected chi connectivity index (χ0v) is 17.0. The maximum absolute atomic E-state index is 13.8. The summed E-state index contributed by atoms with van der Waals surface area (Å²) in [6.45, 7) is 5.10. The lowest BCUT2D eigenvalue weighted by Crippen LogP contribution is -2.41. The summed E-state index contributed by atoms with van der Waals surface area (Å²) in [7, 11) is 0. The molecular weight excluding hydrogens is 379 g/mol. The van der Waals surface area contributed by atoms with Crippen LogP contribution < -0.4 is 5.32 Å². The fourth-order valence-corrected chi connectivity index (χ4v) is 4.23. The Labute approximate surface area is 168 Å². The molecule has 2 heterocycles.